The second-order valence-corrected chi connectivity index (χ2v) is 7.10. The van der Waals surface area contributed by atoms with Gasteiger partial charge in [-0.15, -0.1) is 0 Å². The van der Waals surface area contributed by atoms with Crippen LogP contribution in [0, 0.1) is 0 Å². The van der Waals surface area contributed by atoms with E-state index in [0.29, 0.717) is 31.7 Å². The number of ether oxygens (including phenoxy) is 1. The van der Waals surface area contributed by atoms with Crippen molar-refractivity contribution in [2.45, 2.75) is 25.7 Å². The molecule has 0 bridgehead atoms. The summed E-state index contributed by atoms with van der Waals surface area (Å²) in [5, 5.41) is 0. The maximum Gasteiger partial charge on any atom is 0.253 e. The Labute approximate surface area is 166 Å². The number of rotatable bonds is 6. The zero-order chi connectivity index (χ0) is 19.9. The van der Waals surface area contributed by atoms with Gasteiger partial charge in [0, 0.05) is 31.7 Å². The largest absolute Gasteiger partial charge is 0.497 e. The number of amides is 2. The second-order valence-electron chi connectivity index (χ2n) is 7.10. The van der Waals surface area contributed by atoms with Gasteiger partial charge in [0.15, 0.2) is 0 Å². The molecule has 28 heavy (non-hydrogen) atoms. The van der Waals surface area contributed by atoms with Crippen molar-refractivity contribution in [3.05, 3.63) is 65.7 Å². The summed E-state index contributed by atoms with van der Waals surface area (Å²) in [5.41, 5.74) is 1.72. The second kappa shape index (κ2) is 9.40. The lowest BCUT2D eigenvalue weighted by molar-refractivity contribution is -0.134. The molecule has 1 heterocycles. The summed E-state index contributed by atoms with van der Waals surface area (Å²) in [7, 11) is 1.61. The van der Waals surface area contributed by atoms with E-state index in [1.54, 1.807) is 31.4 Å². The first kappa shape index (κ1) is 19.9. The van der Waals surface area contributed by atoms with Gasteiger partial charge in [0.2, 0.25) is 5.91 Å². The zero-order valence-electron chi connectivity index (χ0n) is 16.6. The van der Waals surface area contributed by atoms with Crippen LogP contribution in [0.5, 0.6) is 5.75 Å². The fourth-order valence-corrected chi connectivity index (χ4v) is 3.67. The van der Waals surface area contributed by atoms with Gasteiger partial charge in [-0.3, -0.25) is 9.59 Å². The maximum absolute atomic E-state index is 13.1. The molecule has 0 aliphatic carbocycles. The zero-order valence-corrected chi connectivity index (χ0v) is 16.6. The molecule has 0 spiro atoms. The summed E-state index contributed by atoms with van der Waals surface area (Å²) in [4.78, 5) is 29.6. The van der Waals surface area contributed by atoms with E-state index in [1.807, 2.05) is 40.1 Å². The van der Waals surface area contributed by atoms with Crippen LogP contribution in [0.15, 0.2) is 54.6 Å². The van der Waals surface area contributed by atoms with Crippen LogP contribution in [0.1, 0.15) is 41.6 Å². The first-order chi connectivity index (χ1) is 13.6. The van der Waals surface area contributed by atoms with Gasteiger partial charge in [0.25, 0.3) is 5.91 Å². The highest BCUT2D eigenvalue weighted by Gasteiger charge is 2.29. The highest BCUT2D eigenvalue weighted by atomic mass is 16.5. The number of benzene rings is 2. The molecule has 0 N–H and O–H groups in total. The van der Waals surface area contributed by atoms with Gasteiger partial charge in [0.1, 0.15) is 5.75 Å². The predicted molar refractivity (Wildman–Crippen MR) is 110 cm³/mol. The van der Waals surface area contributed by atoms with Crippen molar-refractivity contribution < 1.29 is 14.3 Å². The highest BCUT2D eigenvalue weighted by Crippen LogP contribution is 2.24. The minimum Gasteiger partial charge on any atom is -0.497 e. The third kappa shape index (κ3) is 4.53. The molecular weight excluding hydrogens is 352 g/mol. The van der Waals surface area contributed by atoms with E-state index in [4.69, 9.17) is 4.74 Å². The standard InChI is InChI=1S/C23H28N2O3/c1-3-7-21(18-8-5-4-6-9-18)23(27)25-16-14-24(15-17-25)22(26)19-10-12-20(28-2)13-11-19/h4-6,8-13,21H,3,7,14-17H2,1-2H3. The molecule has 2 aromatic carbocycles. The molecular formula is C23H28N2O3. The van der Waals surface area contributed by atoms with Crippen LogP contribution in [-0.2, 0) is 4.79 Å². The van der Waals surface area contributed by atoms with E-state index < -0.39 is 0 Å². The number of hydrogen-bond donors (Lipinski definition) is 0. The topological polar surface area (TPSA) is 49.9 Å². The predicted octanol–water partition coefficient (Wildman–Crippen LogP) is 3.56. The Kier molecular flexibility index (Phi) is 6.69. The third-order valence-electron chi connectivity index (χ3n) is 5.29. The summed E-state index contributed by atoms with van der Waals surface area (Å²) < 4.78 is 5.14. The molecule has 2 amide bonds. The van der Waals surface area contributed by atoms with Crippen LogP contribution >= 0.6 is 0 Å². The van der Waals surface area contributed by atoms with Crippen LogP contribution in [0.25, 0.3) is 0 Å². The van der Waals surface area contributed by atoms with Crippen molar-refractivity contribution in [1.82, 2.24) is 9.80 Å². The van der Waals surface area contributed by atoms with Crippen LogP contribution in [0.2, 0.25) is 0 Å². The molecule has 1 aliphatic heterocycles. The normalized spacial score (nSPS) is 15.2. The van der Waals surface area contributed by atoms with E-state index in [0.717, 1.165) is 24.2 Å². The third-order valence-corrected chi connectivity index (χ3v) is 5.29. The lowest BCUT2D eigenvalue weighted by Crippen LogP contribution is -2.51. The minimum absolute atomic E-state index is 0.00270. The number of piperazine rings is 1. The Morgan fingerprint density at radius 2 is 1.54 bits per heavy atom. The summed E-state index contributed by atoms with van der Waals surface area (Å²) in [6.45, 7) is 4.38. The molecule has 5 heteroatoms. The van der Waals surface area contributed by atoms with Gasteiger partial charge < -0.3 is 14.5 Å². The van der Waals surface area contributed by atoms with Crippen molar-refractivity contribution >= 4 is 11.8 Å². The number of hydrogen-bond acceptors (Lipinski definition) is 3. The fraction of sp³-hybridized carbons (Fsp3) is 0.391. The Morgan fingerprint density at radius 1 is 0.929 bits per heavy atom. The van der Waals surface area contributed by atoms with Crippen molar-refractivity contribution in [3.8, 4) is 5.75 Å². The number of methoxy groups -OCH3 is 1. The minimum atomic E-state index is -0.102. The van der Waals surface area contributed by atoms with Crippen LogP contribution < -0.4 is 4.74 Å². The summed E-state index contributed by atoms with van der Waals surface area (Å²) in [5.74, 6) is 0.803. The van der Waals surface area contributed by atoms with E-state index in [-0.39, 0.29) is 17.7 Å². The van der Waals surface area contributed by atoms with Gasteiger partial charge in [-0.25, -0.2) is 0 Å². The monoisotopic (exact) mass is 380 g/mol. The van der Waals surface area contributed by atoms with Gasteiger partial charge in [-0.1, -0.05) is 43.7 Å². The average molecular weight is 380 g/mol. The lowest BCUT2D eigenvalue weighted by atomic mass is 9.93. The van der Waals surface area contributed by atoms with E-state index in [2.05, 4.69) is 6.92 Å². The number of nitrogens with zero attached hydrogens (tertiary/aromatic N) is 2. The number of carbonyl (C=O) groups excluding carboxylic acids is 2. The van der Waals surface area contributed by atoms with Crippen LogP contribution in [0.3, 0.4) is 0 Å². The Hall–Kier alpha value is -2.82. The molecule has 0 saturated carbocycles. The van der Waals surface area contributed by atoms with E-state index in [9.17, 15) is 9.59 Å². The van der Waals surface area contributed by atoms with Gasteiger partial charge in [-0.2, -0.15) is 0 Å². The van der Waals surface area contributed by atoms with Crippen LogP contribution in [-0.4, -0.2) is 54.9 Å². The van der Waals surface area contributed by atoms with Crippen molar-refractivity contribution in [3.63, 3.8) is 0 Å². The Balaban J connectivity index is 1.61. The summed E-state index contributed by atoms with van der Waals surface area (Å²) in [6.07, 6.45) is 1.80. The molecule has 1 unspecified atom stereocenters. The molecule has 148 valence electrons. The first-order valence-corrected chi connectivity index (χ1v) is 9.91. The molecule has 1 atom stereocenters. The smallest absolute Gasteiger partial charge is 0.253 e. The molecule has 1 fully saturated rings. The first-order valence-electron chi connectivity index (χ1n) is 9.91. The molecule has 1 saturated heterocycles. The van der Waals surface area contributed by atoms with Crippen molar-refractivity contribution in [1.29, 1.82) is 0 Å². The Bertz CT molecular complexity index is 781. The average Bonchev–Trinajstić information content (AvgIpc) is 2.77. The van der Waals surface area contributed by atoms with Crippen molar-refractivity contribution in [2.24, 2.45) is 0 Å². The lowest BCUT2D eigenvalue weighted by Gasteiger charge is -2.36. The van der Waals surface area contributed by atoms with Crippen LogP contribution in [0.4, 0.5) is 0 Å². The summed E-state index contributed by atoms with van der Waals surface area (Å²) in [6, 6.07) is 17.2. The molecule has 1 aliphatic rings. The maximum atomic E-state index is 13.1. The molecule has 0 radical (unpaired) electrons. The van der Waals surface area contributed by atoms with E-state index >= 15 is 0 Å². The molecule has 0 aromatic heterocycles. The SMILES string of the molecule is CCCC(C(=O)N1CCN(C(=O)c2ccc(OC)cc2)CC1)c1ccccc1. The molecule has 2 aromatic rings. The van der Waals surface area contributed by atoms with Gasteiger partial charge in [-0.05, 0) is 36.2 Å². The highest BCUT2D eigenvalue weighted by molar-refractivity contribution is 5.94. The fourth-order valence-electron chi connectivity index (χ4n) is 3.67. The van der Waals surface area contributed by atoms with E-state index in [1.165, 1.54) is 0 Å². The van der Waals surface area contributed by atoms with Gasteiger partial charge >= 0.3 is 0 Å². The van der Waals surface area contributed by atoms with Crippen molar-refractivity contribution in [2.75, 3.05) is 33.3 Å². The quantitative estimate of drug-likeness (QED) is 0.770. The molecule has 5 nitrogen and oxygen atoms in total. The summed E-state index contributed by atoms with van der Waals surface area (Å²) >= 11 is 0. The number of carbonyl (C=O) groups is 2. The molecule has 3 rings (SSSR count). The van der Waals surface area contributed by atoms with Gasteiger partial charge in [0.05, 0.1) is 13.0 Å². The Morgan fingerprint density at radius 3 is 2.11 bits per heavy atom.